The van der Waals surface area contributed by atoms with Crippen LogP contribution in [0.25, 0.3) is 0 Å². The minimum absolute atomic E-state index is 0.0207. The SMILES string of the molecule is CC(=O)C1C(C)=NC(SCC(N)=O)=C(C#N)[C@@H]1c1ccco1. The van der Waals surface area contributed by atoms with Gasteiger partial charge in [-0.05, 0) is 26.0 Å². The van der Waals surface area contributed by atoms with E-state index in [2.05, 4.69) is 11.1 Å². The molecule has 0 saturated carbocycles. The molecule has 2 N–H and O–H groups in total. The summed E-state index contributed by atoms with van der Waals surface area (Å²) in [7, 11) is 0. The highest BCUT2D eigenvalue weighted by Crippen LogP contribution is 2.42. The Morgan fingerprint density at radius 3 is 2.77 bits per heavy atom. The van der Waals surface area contributed by atoms with Crippen LogP contribution < -0.4 is 5.73 Å². The number of primary amides is 1. The van der Waals surface area contributed by atoms with E-state index in [0.717, 1.165) is 11.8 Å². The number of carbonyl (C=O) groups is 2. The van der Waals surface area contributed by atoms with Crippen LogP contribution in [0.1, 0.15) is 25.5 Å². The summed E-state index contributed by atoms with van der Waals surface area (Å²) in [6.07, 6.45) is 1.50. The highest BCUT2D eigenvalue weighted by Gasteiger charge is 2.39. The number of amides is 1. The maximum absolute atomic E-state index is 12.0. The predicted molar refractivity (Wildman–Crippen MR) is 83.0 cm³/mol. The molecule has 0 aliphatic carbocycles. The smallest absolute Gasteiger partial charge is 0.227 e. The van der Waals surface area contributed by atoms with Gasteiger partial charge in [0.15, 0.2) is 0 Å². The van der Waals surface area contributed by atoms with Crippen LogP contribution in [-0.4, -0.2) is 23.2 Å². The van der Waals surface area contributed by atoms with Gasteiger partial charge in [-0.15, -0.1) is 0 Å². The van der Waals surface area contributed by atoms with E-state index in [4.69, 9.17) is 10.2 Å². The number of hydrogen-bond acceptors (Lipinski definition) is 6. The molecular weight excluding hydrogens is 302 g/mol. The lowest BCUT2D eigenvalue weighted by atomic mass is 9.78. The number of thioether (sulfide) groups is 1. The first-order valence-corrected chi connectivity index (χ1v) is 7.58. The van der Waals surface area contributed by atoms with Gasteiger partial charge in [0.1, 0.15) is 16.6 Å². The second-order valence-corrected chi connectivity index (χ2v) is 5.88. The molecule has 1 unspecified atom stereocenters. The van der Waals surface area contributed by atoms with Crippen molar-refractivity contribution in [2.75, 3.05) is 5.75 Å². The monoisotopic (exact) mass is 317 g/mol. The summed E-state index contributed by atoms with van der Waals surface area (Å²) in [5.74, 6) is -1.10. The molecule has 2 atom stereocenters. The molecule has 1 aromatic rings. The molecule has 0 aromatic carbocycles. The molecule has 2 rings (SSSR count). The first kappa shape index (κ1) is 16.0. The molecular formula is C15H15N3O3S. The molecule has 0 saturated heterocycles. The summed E-state index contributed by atoms with van der Waals surface area (Å²) >= 11 is 1.10. The van der Waals surface area contributed by atoms with Gasteiger partial charge in [0.25, 0.3) is 0 Å². The minimum Gasteiger partial charge on any atom is -0.469 e. The Kier molecular flexibility index (Phi) is 4.83. The summed E-state index contributed by atoms with van der Waals surface area (Å²) < 4.78 is 5.41. The third-order valence-corrected chi connectivity index (χ3v) is 4.38. The van der Waals surface area contributed by atoms with Crippen LogP contribution in [0, 0.1) is 17.2 Å². The Hall–Kier alpha value is -2.33. The third kappa shape index (κ3) is 3.12. The van der Waals surface area contributed by atoms with Gasteiger partial charge in [-0.25, -0.2) is 4.99 Å². The number of carbonyl (C=O) groups excluding carboxylic acids is 2. The van der Waals surface area contributed by atoms with Crippen LogP contribution in [0.15, 0.2) is 38.4 Å². The van der Waals surface area contributed by atoms with E-state index in [1.54, 1.807) is 19.1 Å². The quantitative estimate of drug-likeness (QED) is 0.893. The number of nitrogens with zero attached hydrogens (tertiary/aromatic N) is 2. The fourth-order valence-electron chi connectivity index (χ4n) is 2.50. The lowest BCUT2D eigenvalue weighted by Gasteiger charge is -2.28. The maximum Gasteiger partial charge on any atom is 0.227 e. The summed E-state index contributed by atoms with van der Waals surface area (Å²) in [4.78, 5) is 27.3. The van der Waals surface area contributed by atoms with Crippen molar-refractivity contribution in [2.45, 2.75) is 19.8 Å². The topological polar surface area (TPSA) is 109 Å². The lowest BCUT2D eigenvalue weighted by Crippen LogP contribution is -2.31. The summed E-state index contributed by atoms with van der Waals surface area (Å²) in [5, 5.41) is 9.94. The average Bonchev–Trinajstić information content (AvgIpc) is 2.97. The van der Waals surface area contributed by atoms with Gasteiger partial charge in [0.05, 0.1) is 35.5 Å². The summed E-state index contributed by atoms with van der Waals surface area (Å²) in [6, 6.07) is 5.55. The Morgan fingerprint density at radius 2 is 2.27 bits per heavy atom. The molecule has 1 aromatic heterocycles. The van der Waals surface area contributed by atoms with Crippen LogP contribution in [0.4, 0.5) is 0 Å². The van der Waals surface area contributed by atoms with Crippen molar-refractivity contribution in [1.82, 2.24) is 0 Å². The Labute approximate surface area is 132 Å². The van der Waals surface area contributed by atoms with Gasteiger partial charge in [-0.1, -0.05) is 11.8 Å². The lowest BCUT2D eigenvalue weighted by molar-refractivity contribution is -0.119. The van der Waals surface area contributed by atoms with Crippen molar-refractivity contribution in [2.24, 2.45) is 16.6 Å². The van der Waals surface area contributed by atoms with E-state index in [0.29, 0.717) is 22.1 Å². The first-order valence-electron chi connectivity index (χ1n) is 6.60. The van der Waals surface area contributed by atoms with Gasteiger partial charge in [0, 0.05) is 5.71 Å². The zero-order valence-electron chi connectivity index (χ0n) is 12.2. The van der Waals surface area contributed by atoms with Crippen molar-refractivity contribution in [1.29, 1.82) is 5.26 Å². The fourth-order valence-corrected chi connectivity index (χ4v) is 3.32. The Morgan fingerprint density at radius 1 is 1.55 bits per heavy atom. The number of nitrogens with two attached hydrogens (primary N) is 1. The number of hydrogen-bond donors (Lipinski definition) is 1. The van der Waals surface area contributed by atoms with Gasteiger partial charge in [-0.2, -0.15) is 5.26 Å². The number of rotatable bonds is 5. The van der Waals surface area contributed by atoms with Crippen molar-refractivity contribution in [3.8, 4) is 6.07 Å². The molecule has 2 heterocycles. The zero-order valence-corrected chi connectivity index (χ0v) is 13.0. The molecule has 0 fully saturated rings. The van der Waals surface area contributed by atoms with E-state index in [1.807, 2.05) is 0 Å². The molecule has 0 spiro atoms. The largest absolute Gasteiger partial charge is 0.469 e. The molecule has 114 valence electrons. The van der Waals surface area contributed by atoms with Crippen molar-refractivity contribution in [3.63, 3.8) is 0 Å². The van der Waals surface area contributed by atoms with Crippen LogP contribution in [0.5, 0.6) is 0 Å². The number of allylic oxidation sites excluding steroid dienone is 1. The van der Waals surface area contributed by atoms with Gasteiger partial charge < -0.3 is 10.2 Å². The van der Waals surface area contributed by atoms with Crippen LogP contribution in [0.3, 0.4) is 0 Å². The van der Waals surface area contributed by atoms with Gasteiger partial charge in [0.2, 0.25) is 5.91 Å². The molecule has 0 radical (unpaired) electrons. The number of furan rings is 1. The van der Waals surface area contributed by atoms with E-state index < -0.39 is 17.7 Å². The number of Topliss-reactive ketones (excluding diaryl/α,β-unsaturated/α-hetero) is 1. The summed E-state index contributed by atoms with van der Waals surface area (Å²) in [5.41, 5.74) is 6.07. The van der Waals surface area contributed by atoms with Crippen LogP contribution in [0.2, 0.25) is 0 Å². The second kappa shape index (κ2) is 6.62. The molecule has 1 aliphatic rings. The summed E-state index contributed by atoms with van der Waals surface area (Å²) in [6.45, 7) is 3.21. The van der Waals surface area contributed by atoms with E-state index >= 15 is 0 Å². The standard InChI is InChI=1S/C15H15N3O3S/c1-8-13(9(2)19)14(11-4-3-5-21-11)10(6-16)15(18-8)22-7-12(17)20/h3-5,13-14H,7H2,1-2H3,(H2,17,20)/t13?,14-/m1/s1. The number of ketones is 1. The molecule has 1 amide bonds. The normalized spacial score (nSPS) is 21.2. The second-order valence-electron chi connectivity index (χ2n) is 4.92. The number of aliphatic imine (C=N–C) groups is 1. The highest BCUT2D eigenvalue weighted by molar-refractivity contribution is 8.03. The maximum atomic E-state index is 12.0. The number of nitriles is 1. The third-order valence-electron chi connectivity index (χ3n) is 3.36. The van der Waals surface area contributed by atoms with Crippen molar-refractivity contribution in [3.05, 3.63) is 34.8 Å². The van der Waals surface area contributed by atoms with Crippen LogP contribution >= 0.6 is 11.8 Å². The highest BCUT2D eigenvalue weighted by atomic mass is 32.2. The van der Waals surface area contributed by atoms with Gasteiger partial charge >= 0.3 is 0 Å². The fraction of sp³-hybridized carbons (Fsp3) is 0.333. The molecule has 6 nitrogen and oxygen atoms in total. The van der Waals surface area contributed by atoms with Crippen molar-refractivity contribution < 1.29 is 14.0 Å². The molecule has 7 heteroatoms. The first-order chi connectivity index (χ1) is 10.5. The zero-order chi connectivity index (χ0) is 16.3. The van der Waals surface area contributed by atoms with Crippen LogP contribution in [-0.2, 0) is 9.59 Å². The van der Waals surface area contributed by atoms with E-state index in [9.17, 15) is 14.9 Å². The van der Waals surface area contributed by atoms with E-state index in [-0.39, 0.29) is 11.5 Å². The Balaban J connectivity index is 2.52. The molecule has 0 bridgehead atoms. The molecule has 1 aliphatic heterocycles. The minimum atomic E-state index is -0.543. The van der Waals surface area contributed by atoms with Crippen molar-refractivity contribution >= 4 is 29.2 Å². The predicted octanol–water partition coefficient (Wildman–Crippen LogP) is 2.00. The molecule has 22 heavy (non-hydrogen) atoms. The average molecular weight is 317 g/mol. The Bertz CT molecular complexity index is 698. The van der Waals surface area contributed by atoms with Gasteiger partial charge in [-0.3, -0.25) is 9.59 Å². The van der Waals surface area contributed by atoms with E-state index in [1.165, 1.54) is 13.2 Å².